The van der Waals surface area contributed by atoms with Gasteiger partial charge in [0.15, 0.2) is 5.58 Å². The molecule has 0 bridgehead atoms. The number of amides is 1. The van der Waals surface area contributed by atoms with Gasteiger partial charge in [0.2, 0.25) is 0 Å². The van der Waals surface area contributed by atoms with Gasteiger partial charge in [-0.3, -0.25) is 4.79 Å². The van der Waals surface area contributed by atoms with Crippen LogP contribution in [0.4, 0.5) is 10.1 Å². The molecule has 0 aliphatic heterocycles. The first-order valence-electron chi connectivity index (χ1n) is 9.95. The Morgan fingerprint density at radius 1 is 1.00 bits per heavy atom. The molecule has 0 radical (unpaired) electrons. The standard InChI is InChI=1S/C25H13Br2FN2O3S/c26-14-9-13-10-17(25(32)33-22(13)18(27)11-14)23(31)29-20-8-4-2-6-16(20)21-12-34-24(30-21)15-5-1-3-7-19(15)28/h1-12H,(H,29,31). The van der Waals surface area contributed by atoms with Crippen LogP contribution >= 0.6 is 43.2 Å². The van der Waals surface area contributed by atoms with E-state index in [1.165, 1.54) is 23.5 Å². The zero-order chi connectivity index (χ0) is 23.8. The Morgan fingerprint density at radius 2 is 1.74 bits per heavy atom. The van der Waals surface area contributed by atoms with E-state index in [1.807, 2.05) is 6.07 Å². The van der Waals surface area contributed by atoms with Crippen LogP contribution in [0.2, 0.25) is 0 Å². The molecule has 5 nitrogen and oxygen atoms in total. The van der Waals surface area contributed by atoms with Crippen LogP contribution in [0.15, 0.2) is 90.3 Å². The van der Waals surface area contributed by atoms with Gasteiger partial charge in [-0.15, -0.1) is 11.3 Å². The second-order valence-electron chi connectivity index (χ2n) is 7.27. The van der Waals surface area contributed by atoms with E-state index < -0.39 is 11.5 Å². The van der Waals surface area contributed by atoms with E-state index in [4.69, 9.17) is 4.42 Å². The summed E-state index contributed by atoms with van der Waals surface area (Å²) in [5.74, 6) is -0.963. The van der Waals surface area contributed by atoms with Gasteiger partial charge in [-0.05, 0) is 52.3 Å². The number of benzene rings is 3. The lowest BCUT2D eigenvalue weighted by Gasteiger charge is -2.10. The highest BCUT2D eigenvalue weighted by Gasteiger charge is 2.18. The first-order valence-corrected chi connectivity index (χ1v) is 12.4. The van der Waals surface area contributed by atoms with E-state index in [0.29, 0.717) is 43.0 Å². The van der Waals surface area contributed by atoms with Gasteiger partial charge >= 0.3 is 5.63 Å². The van der Waals surface area contributed by atoms with Crippen molar-refractivity contribution in [3.05, 3.63) is 103 Å². The fourth-order valence-electron chi connectivity index (χ4n) is 3.48. The van der Waals surface area contributed by atoms with Gasteiger partial charge in [0.1, 0.15) is 16.4 Å². The Balaban J connectivity index is 1.50. The van der Waals surface area contributed by atoms with Crippen LogP contribution in [-0.4, -0.2) is 10.9 Å². The summed E-state index contributed by atoms with van der Waals surface area (Å²) in [5, 5.41) is 5.71. The van der Waals surface area contributed by atoms with Gasteiger partial charge in [0, 0.05) is 26.4 Å². The van der Waals surface area contributed by atoms with Crippen LogP contribution < -0.4 is 10.9 Å². The van der Waals surface area contributed by atoms with Gasteiger partial charge in [-0.25, -0.2) is 14.2 Å². The van der Waals surface area contributed by atoms with E-state index in [9.17, 15) is 14.0 Å². The van der Waals surface area contributed by atoms with E-state index in [1.54, 1.807) is 53.9 Å². The Hall–Kier alpha value is -3.14. The third-order valence-electron chi connectivity index (χ3n) is 5.06. The van der Waals surface area contributed by atoms with Gasteiger partial charge in [-0.1, -0.05) is 46.3 Å². The summed E-state index contributed by atoms with van der Waals surface area (Å²) in [5.41, 5.74) is 1.58. The number of halogens is 3. The van der Waals surface area contributed by atoms with Crippen molar-refractivity contribution in [2.45, 2.75) is 0 Å². The molecular weight excluding hydrogens is 587 g/mol. The Bertz CT molecular complexity index is 1630. The third kappa shape index (κ3) is 4.34. The minimum Gasteiger partial charge on any atom is -0.421 e. The minimum absolute atomic E-state index is 0.127. The summed E-state index contributed by atoms with van der Waals surface area (Å²) in [6, 6.07) is 18.5. The highest BCUT2D eigenvalue weighted by atomic mass is 79.9. The van der Waals surface area contributed by atoms with E-state index >= 15 is 0 Å². The van der Waals surface area contributed by atoms with Crippen molar-refractivity contribution in [1.29, 1.82) is 0 Å². The monoisotopic (exact) mass is 598 g/mol. The van der Waals surface area contributed by atoms with Gasteiger partial charge in [0.25, 0.3) is 5.91 Å². The lowest BCUT2D eigenvalue weighted by atomic mass is 10.1. The molecule has 2 aromatic heterocycles. The highest BCUT2D eigenvalue weighted by molar-refractivity contribution is 9.11. The molecule has 5 aromatic rings. The summed E-state index contributed by atoms with van der Waals surface area (Å²) < 4.78 is 20.9. The number of aromatic nitrogens is 1. The molecule has 0 fully saturated rings. The Morgan fingerprint density at radius 3 is 2.53 bits per heavy atom. The molecule has 0 spiro atoms. The first kappa shape index (κ1) is 22.6. The van der Waals surface area contributed by atoms with Crippen molar-refractivity contribution < 1.29 is 13.6 Å². The molecule has 0 atom stereocenters. The number of fused-ring (bicyclic) bond motifs is 1. The number of anilines is 1. The molecule has 2 heterocycles. The Labute approximate surface area is 213 Å². The molecule has 5 rings (SSSR count). The zero-order valence-electron chi connectivity index (χ0n) is 17.1. The lowest BCUT2D eigenvalue weighted by molar-refractivity contribution is 0.102. The van der Waals surface area contributed by atoms with Crippen molar-refractivity contribution in [3.8, 4) is 21.8 Å². The lowest BCUT2D eigenvalue weighted by Crippen LogP contribution is -2.21. The fourth-order valence-corrected chi connectivity index (χ4v) is 5.66. The van der Waals surface area contributed by atoms with Crippen LogP contribution in [-0.2, 0) is 0 Å². The van der Waals surface area contributed by atoms with Gasteiger partial charge in [-0.2, -0.15) is 0 Å². The predicted octanol–water partition coefficient (Wildman–Crippen LogP) is 7.50. The molecule has 1 amide bonds. The number of hydrogen-bond donors (Lipinski definition) is 1. The fraction of sp³-hybridized carbons (Fsp3) is 0. The number of nitrogens with zero attached hydrogens (tertiary/aromatic N) is 1. The summed E-state index contributed by atoms with van der Waals surface area (Å²) in [6.45, 7) is 0. The van der Waals surface area contributed by atoms with Crippen molar-refractivity contribution in [2.24, 2.45) is 0 Å². The first-order chi connectivity index (χ1) is 16.4. The number of para-hydroxylation sites is 1. The molecule has 0 aliphatic rings. The molecule has 9 heteroatoms. The quantitative estimate of drug-likeness (QED) is 0.217. The minimum atomic E-state index is -0.749. The molecular formula is C25H13Br2FN2O3S. The zero-order valence-corrected chi connectivity index (χ0v) is 21.1. The van der Waals surface area contributed by atoms with Crippen LogP contribution in [0, 0.1) is 5.82 Å². The van der Waals surface area contributed by atoms with Crippen molar-refractivity contribution in [2.75, 3.05) is 5.32 Å². The second kappa shape index (κ2) is 9.25. The number of carbonyl (C=O) groups is 1. The number of thiazole rings is 1. The van der Waals surface area contributed by atoms with E-state index in [-0.39, 0.29) is 11.4 Å². The highest BCUT2D eigenvalue weighted by Crippen LogP contribution is 2.34. The maximum atomic E-state index is 14.2. The molecule has 34 heavy (non-hydrogen) atoms. The van der Waals surface area contributed by atoms with Crippen molar-refractivity contribution in [3.63, 3.8) is 0 Å². The second-order valence-corrected chi connectivity index (χ2v) is 9.90. The molecule has 0 unspecified atom stereocenters. The summed E-state index contributed by atoms with van der Waals surface area (Å²) >= 11 is 8.06. The SMILES string of the molecule is O=C(Nc1ccccc1-c1csc(-c2ccccc2F)n1)c1cc2cc(Br)cc(Br)c2oc1=O. The maximum absolute atomic E-state index is 14.2. The van der Waals surface area contributed by atoms with Gasteiger partial charge in [0.05, 0.1) is 15.9 Å². The van der Waals surface area contributed by atoms with Crippen LogP contribution in [0.3, 0.4) is 0 Å². The smallest absolute Gasteiger partial charge is 0.349 e. The average molecular weight is 600 g/mol. The molecule has 0 saturated carbocycles. The maximum Gasteiger partial charge on any atom is 0.349 e. The van der Waals surface area contributed by atoms with E-state index in [2.05, 4.69) is 42.2 Å². The molecule has 1 N–H and O–H groups in total. The molecule has 168 valence electrons. The van der Waals surface area contributed by atoms with Crippen molar-refractivity contribution >= 4 is 65.8 Å². The number of rotatable bonds is 4. The summed E-state index contributed by atoms with van der Waals surface area (Å²) in [7, 11) is 0. The molecule has 0 saturated heterocycles. The number of hydrogen-bond acceptors (Lipinski definition) is 5. The average Bonchev–Trinajstić information content (AvgIpc) is 3.29. The van der Waals surface area contributed by atoms with Gasteiger partial charge < -0.3 is 9.73 Å². The topological polar surface area (TPSA) is 72.2 Å². The summed E-state index contributed by atoms with van der Waals surface area (Å²) in [4.78, 5) is 30.2. The largest absolute Gasteiger partial charge is 0.421 e. The van der Waals surface area contributed by atoms with Crippen LogP contribution in [0.1, 0.15) is 10.4 Å². The number of nitrogens with one attached hydrogen (secondary N) is 1. The normalized spacial score (nSPS) is 11.0. The van der Waals surface area contributed by atoms with E-state index in [0.717, 1.165) is 4.47 Å². The molecule has 0 aliphatic carbocycles. The van der Waals surface area contributed by atoms with Crippen LogP contribution in [0.25, 0.3) is 32.8 Å². The third-order valence-corrected chi connectivity index (χ3v) is 6.98. The predicted molar refractivity (Wildman–Crippen MR) is 139 cm³/mol. The Kier molecular flexibility index (Phi) is 6.16. The number of carbonyl (C=O) groups excluding carboxylic acids is 1. The van der Waals surface area contributed by atoms with Crippen molar-refractivity contribution in [1.82, 2.24) is 4.98 Å². The summed E-state index contributed by atoms with van der Waals surface area (Å²) in [6.07, 6.45) is 0. The molecule has 3 aromatic carbocycles. The van der Waals surface area contributed by atoms with Crippen LogP contribution in [0.5, 0.6) is 0 Å².